The first-order valence-electron chi connectivity index (χ1n) is 7.85. The van der Waals surface area contributed by atoms with Crippen LogP contribution in [0.4, 0.5) is 0 Å². The quantitative estimate of drug-likeness (QED) is 0.906. The maximum atomic E-state index is 6.23. The minimum Gasteiger partial charge on any atom is -0.493 e. The molecule has 2 aliphatic rings. The zero-order valence-electron chi connectivity index (χ0n) is 12.9. The first kappa shape index (κ1) is 15.0. The van der Waals surface area contributed by atoms with Crippen LogP contribution in [-0.4, -0.2) is 30.8 Å². The molecule has 1 aromatic carbocycles. The second-order valence-corrected chi connectivity index (χ2v) is 7.39. The SMILES string of the molecule is COc1c(OC2CCCSC2)cccc1C1(C(C)N)CC1. The number of ether oxygens (including phenoxy) is 2. The molecule has 2 unspecified atom stereocenters. The van der Waals surface area contributed by atoms with Crippen LogP contribution in [0.25, 0.3) is 0 Å². The molecule has 0 aromatic heterocycles. The summed E-state index contributed by atoms with van der Waals surface area (Å²) < 4.78 is 11.9. The molecule has 0 radical (unpaired) electrons. The van der Waals surface area contributed by atoms with Gasteiger partial charge in [0.1, 0.15) is 6.10 Å². The van der Waals surface area contributed by atoms with E-state index in [1.165, 1.54) is 17.7 Å². The smallest absolute Gasteiger partial charge is 0.164 e. The molecule has 0 amide bonds. The molecule has 3 rings (SSSR count). The average molecular weight is 307 g/mol. The Kier molecular flexibility index (Phi) is 4.36. The number of para-hydroxylation sites is 1. The first-order valence-corrected chi connectivity index (χ1v) is 9.00. The average Bonchev–Trinajstić information content (AvgIpc) is 3.30. The first-order chi connectivity index (χ1) is 10.2. The van der Waals surface area contributed by atoms with Gasteiger partial charge >= 0.3 is 0 Å². The lowest BCUT2D eigenvalue weighted by molar-refractivity contribution is 0.201. The van der Waals surface area contributed by atoms with Gasteiger partial charge in [-0.1, -0.05) is 12.1 Å². The Morgan fingerprint density at radius 2 is 2.19 bits per heavy atom. The zero-order chi connectivity index (χ0) is 14.9. The monoisotopic (exact) mass is 307 g/mol. The third kappa shape index (κ3) is 2.88. The van der Waals surface area contributed by atoms with Crippen molar-refractivity contribution in [2.24, 2.45) is 5.73 Å². The Hall–Kier alpha value is -0.870. The molecule has 1 heterocycles. The summed E-state index contributed by atoms with van der Waals surface area (Å²) in [6.07, 6.45) is 4.96. The lowest BCUT2D eigenvalue weighted by Crippen LogP contribution is -2.32. The van der Waals surface area contributed by atoms with Crippen LogP contribution in [0, 0.1) is 0 Å². The molecule has 1 saturated carbocycles. The van der Waals surface area contributed by atoms with E-state index in [-0.39, 0.29) is 11.5 Å². The highest BCUT2D eigenvalue weighted by atomic mass is 32.2. The lowest BCUT2D eigenvalue weighted by Gasteiger charge is -2.27. The van der Waals surface area contributed by atoms with Crippen LogP contribution in [0.1, 0.15) is 38.2 Å². The second-order valence-electron chi connectivity index (χ2n) is 6.24. The van der Waals surface area contributed by atoms with Gasteiger partial charge in [0.25, 0.3) is 0 Å². The summed E-state index contributed by atoms with van der Waals surface area (Å²) >= 11 is 1.98. The second kappa shape index (κ2) is 6.09. The van der Waals surface area contributed by atoms with Crippen molar-refractivity contribution >= 4 is 11.8 Å². The van der Waals surface area contributed by atoms with Gasteiger partial charge in [-0.2, -0.15) is 11.8 Å². The zero-order valence-corrected chi connectivity index (χ0v) is 13.7. The number of nitrogens with two attached hydrogens (primary N) is 1. The highest BCUT2D eigenvalue weighted by Crippen LogP contribution is 2.55. The molecule has 1 saturated heterocycles. The van der Waals surface area contributed by atoms with Crippen LogP contribution in [0.2, 0.25) is 0 Å². The number of hydrogen-bond acceptors (Lipinski definition) is 4. The van der Waals surface area contributed by atoms with Crippen molar-refractivity contribution in [1.29, 1.82) is 0 Å². The molecule has 1 aromatic rings. The minimum absolute atomic E-state index is 0.0893. The van der Waals surface area contributed by atoms with Gasteiger partial charge in [-0.25, -0.2) is 0 Å². The van der Waals surface area contributed by atoms with E-state index in [4.69, 9.17) is 15.2 Å². The van der Waals surface area contributed by atoms with Crippen molar-refractivity contribution in [2.75, 3.05) is 18.6 Å². The topological polar surface area (TPSA) is 44.5 Å². The maximum absolute atomic E-state index is 6.23. The normalized spacial score (nSPS) is 25.2. The highest BCUT2D eigenvalue weighted by Gasteiger charge is 2.49. The Morgan fingerprint density at radius 1 is 1.38 bits per heavy atom. The summed E-state index contributed by atoms with van der Waals surface area (Å²) in [6.45, 7) is 2.09. The van der Waals surface area contributed by atoms with E-state index in [2.05, 4.69) is 19.1 Å². The Morgan fingerprint density at radius 3 is 2.76 bits per heavy atom. The summed E-state index contributed by atoms with van der Waals surface area (Å²) in [5.41, 5.74) is 7.54. The lowest BCUT2D eigenvalue weighted by atomic mass is 9.88. The van der Waals surface area contributed by atoms with E-state index in [0.717, 1.165) is 36.5 Å². The van der Waals surface area contributed by atoms with Crippen molar-refractivity contribution in [1.82, 2.24) is 0 Å². The van der Waals surface area contributed by atoms with Crippen molar-refractivity contribution in [3.63, 3.8) is 0 Å². The summed E-state index contributed by atoms with van der Waals surface area (Å²) in [6, 6.07) is 6.40. The molecule has 2 fully saturated rings. The van der Waals surface area contributed by atoms with Gasteiger partial charge in [0.05, 0.1) is 7.11 Å². The fourth-order valence-corrected chi connectivity index (χ4v) is 4.33. The van der Waals surface area contributed by atoms with Crippen molar-refractivity contribution < 1.29 is 9.47 Å². The Bertz CT molecular complexity index is 494. The summed E-state index contributed by atoms with van der Waals surface area (Å²) in [4.78, 5) is 0. The van der Waals surface area contributed by atoms with Crippen LogP contribution in [0.15, 0.2) is 18.2 Å². The van der Waals surface area contributed by atoms with Crippen molar-refractivity contribution in [3.8, 4) is 11.5 Å². The molecule has 0 bridgehead atoms. The van der Waals surface area contributed by atoms with Gasteiger partial charge in [0.15, 0.2) is 11.5 Å². The molecule has 1 aliphatic carbocycles. The fourth-order valence-electron chi connectivity index (χ4n) is 3.30. The van der Waals surface area contributed by atoms with Crippen molar-refractivity contribution in [3.05, 3.63) is 23.8 Å². The van der Waals surface area contributed by atoms with Gasteiger partial charge in [0, 0.05) is 22.8 Å². The van der Waals surface area contributed by atoms with Gasteiger partial charge in [-0.3, -0.25) is 0 Å². The molecule has 2 N–H and O–H groups in total. The summed E-state index contributed by atoms with van der Waals surface area (Å²) in [7, 11) is 1.73. The van der Waals surface area contributed by atoms with Gasteiger partial charge in [-0.15, -0.1) is 0 Å². The Balaban J connectivity index is 1.87. The standard InChI is InChI=1S/C17H25NO2S/c1-12(18)17(8-9-17)14-6-3-7-15(16(14)19-2)20-13-5-4-10-21-11-13/h3,6-7,12-13H,4-5,8-11,18H2,1-2H3. The largest absolute Gasteiger partial charge is 0.493 e. The van der Waals surface area contributed by atoms with Crippen LogP contribution < -0.4 is 15.2 Å². The number of rotatable bonds is 5. The fraction of sp³-hybridized carbons (Fsp3) is 0.647. The van der Waals surface area contributed by atoms with E-state index < -0.39 is 0 Å². The third-order valence-electron chi connectivity index (χ3n) is 4.79. The number of thioether (sulfide) groups is 1. The van der Waals surface area contributed by atoms with E-state index in [1.807, 2.05) is 17.8 Å². The number of benzene rings is 1. The third-order valence-corrected chi connectivity index (χ3v) is 5.98. The molecule has 2 atom stereocenters. The van der Waals surface area contributed by atoms with E-state index in [9.17, 15) is 0 Å². The molecule has 3 nitrogen and oxygen atoms in total. The highest BCUT2D eigenvalue weighted by molar-refractivity contribution is 7.99. The summed E-state index contributed by atoms with van der Waals surface area (Å²) in [5.74, 6) is 4.11. The number of hydrogen-bond donors (Lipinski definition) is 1. The van der Waals surface area contributed by atoms with Crippen LogP contribution >= 0.6 is 11.8 Å². The van der Waals surface area contributed by atoms with Crippen LogP contribution in [0.5, 0.6) is 11.5 Å². The van der Waals surface area contributed by atoms with Gasteiger partial charge in [0.2, 0.25) is 0 Å². The van der Waals surface area contributed by atoms with Crippen LogP contribution in [0.3, 0.4) is 0 Å². The van der Waals surface area contributed by atoms with Crippen molar-refractivity contribution in [2.45, 2.75) is 50.2 Å². The molecule has 0 spiro atoms. The Labute approximate surface area is 131 Å². The molecule has 21 heavy (non-hydrogen) atoms. The predicted molar refractivity (Wildman–Crippen MR) is 88.5 cm³/mol. The minimum atomic E-state index is 0.0893. The van der Waals surface area contributed by atoms with Gasteiger partial charge < -0.3 is 15.2 Å². The van der Waals surface area contributed by atoms with Gasteiger partial charge in [-0.05, 0) is 44.4 Å². The van der Waals surface area contributed by atoms with E-state index in [1.54, 1.807) is 7.11 Å². The molecular formula is C17H25NO2S. The maximum Gasteiger partial charge on any atom is 0.164 e. The molecule has 116 valence electrons. The molecule has 4 heteroatoms. The van der Waals surface area contributed by atoms with E-state index in [0.29, 0.717) is 6.10 Å². The van der Waals surface area contributed by atoms with E-state index >= 15 is 0 Å². The molecule has 1 aliphatic heterocycles. The number of methoxy groups -OCH3 is 1. The molecular weight excluding hydrogens is 282 g/mol. The summed E-state index contributed by atoms with van der Waals surface area (Å²) in [5, 5.41) is 0. The van der Waals surface area contributed by atoms with Crippen LogP contribution in [-0.2, 0) is 5.41 Å². The predicted octanol–water partition coefficient (Wildman–Crippen LogP) is 3.35.